The average Bonchev–Trinajstić information content (AvgIpc) is 2.67. The molecule has 5 heteroatoms. The summed E-state index contributed by atoms with van der Waals surface area (Å²) in [6.45, 7) is 3.09. The smallest absolute Gasteiger partial charge is 0.260 e. The van der Waals surface area contributed by atoms with Gasteiger partial charge in [0.15, 0.2) is 6.61 Å². The highest BCUT2D eigenvalue weighted by atomic mass is 16.5. The molecular weight excluding hydrogens is 328 g/mol. The van der Waals surface area contributed by atoms with Crippen molar-refractivity contribution in [2.24, 2.45) is 5.92 Å². The number of para-hydroxylation sites is 1. The number of nitrogens with zero attached hydrogens (tertiary/aromatic N) is 1. The molecule has 0 aliphatic carbocycles. The van der Waals surface area contributed by atoms with Crippen LogP contribution in [0.1, 0.15) is 18.4 Å². The van der Waals surface area contributed by atoms with Crippen LogP contribution in [-0.2, 0) is 9.59 Å². The summed E-state index contributed by atoms with van der Waals surface area (Å²) in [6, 6.07) is 17.0. The van der Waals surface area contributed by atoms with Crippen LogP contribution in [0.5, 0.6) is 5.75 Å². The number of rotatable bonds is 5. The van der Waals surface area contributed by atoms with E-state index >= 15 is 0 Å². The van der Waals surface area contributed by atoms with Crippen LogP contribution in [0.2, 0.25) is 0 Å². The number of anilines is 1. The molecule has 1 saturated heterocycles. The third-order valence-corrected chi connectivity index (χ3v) is 4.54. The predicted octanol–water partition coefficient (Wildman–Crippen LogP) is 3.25. The second-order valence-corrected chi connectivity index (χ2v) is 6.64. The number of carbonyl (C=O) groups excluding carboxylic acids is 2. The highest BCUT2D eigenvalue weighted by molar-refractivity contribution is 5.93. The first-order valence-corrected chi connectivity index (χ1v) is 8.95. The first kappa shape index (κ1) is 18.0. The zero-order valence-corrected chi connectivity index (χ0v) is 15.0. The third kappa shape index (κ3) is 4.85. The molecule has 26 heavy (non-hydrogen) atoms. The molecule has 0 radical (unpaired) electrons. The van der Waals surface area contributed by atoms with E-state index in [0.717, 1.165) is 24.1 Å². The molecule has 2 aromatic rings. The Morgan fingerprint density at radius 1 is 1.15 bits per heavy atom. The van der Waals surface area contributed by atoms with Gasteiger partial charge in [-0.2, -0.15) is 0 Å². The number of likely N-dealkylation sites (tertiary alicyclic amines) is 1. The van der Waals surface area contributed by atoms with Gasteiger partial charge < -0.3 is 15.0 Å². The molecule has 1 heterocycles. The average molecular weight is 352 g/mol. The Kier molecular flexibility index (Phi) is 5.89. The zero-order chi connectivity index (χ0) is 18.4. The van der Waals surface area contributed by atoms with Crippen molar-refractivity contribution < 1.29 is 14.3 Å². The lowest BCUT2D eigenvalue weighted by Gasteiger charge is -2.32. The van der Waals surface area contributed by atoms with E-state index in [0.29, 0.717) is 18.8 Å². The first-order valence-electron chi connectivity index (χ1n) is 8.95. The first-order chi connectivity index (χ1) is 12.6. The number of hydrogen-bond acceptors (Lipinski definition) is 3. The molecule has 136 valence electrons. The van der Waals surface area contributed by atoms with Crippen LogP contribution in [0.15, 0.2) is 54.6 Å². The Hall–Kier alpha value is -2.82. The largest absolute Gasteiger partial charge is 0.484 e. The van der Waals surface area contributed by atoms with E-state index in [-0.39, 0.29) is 24.3 Å². The van der Waals surface area contributed by atoms with Crippen LogP contribution in [0.25, 0.3) is 0 Å². The summed E-state index contributed by atoms with van der Waals surface area (Å²) in [6.07, 6.45) is 1.62. The van der Waals surface area contributed by atoms with Gasteiger partial charge >= 0.3 is 0 Å². The van der Waals surface area contributed by atoms with Gasteiger partial charge in [0.05, 0.1) is 5.92 Å². The van der Waals surface area contributed by atoms with E-state index in [4.69, 9.17) is 4.74 Å². The third-order valence-electron chi connectivity index (χ3n) is 4.54. The second kappa shape index (κ2) is 8.52. The second-order valence-electron chi connectivity index (χ2n) is 6.64. The molecule has 0 unspecified atom stereocenters. The van der Waals surface area contributed by atoms with Crippen molar-refractivity contribution in [1.29, 1.82) is 0 Å². The summed E-state index contributed by atoms with van der Waals surface area (Å²) in [4.78, 5) is 26.7. The Labute approximate surface area is 154 Å². The zero-order valence-electron chi connectivity index (χ0n) is 15.0. The van der Waals surface area contributed by atoms with E-state index < -0.39 is 0 Å². The lowest BCUT2D eigenvalue weighted by molar-refractivity contribution is -0.136. The maximum absolute atomic E-state index is 12.5. The molecule has 1 atom stereocenters. The van der Waals surface area contributed by atoms with Crippen molar-refractivity contribution in [3.05, 3.63) is 60.2 Å². The number of amides is 2. The lowest BCUT2D eigenvalue weighted by atomic mass is 9.97. The molecule has 1 aliphatic heterocycles. The van der Waals surface area contributed by atoms with E-state index in [9.17, 15) is 9.59 Å². The number of hydrogen-bond donors (Lipinski definition) is 1. The molecule has 1 fully saturated rings. The molecule has 2 aromatic carbocycles. The molecule has 0 spiro atoms. The monoisotopic (exact) mass is 352 g/mol. The van der Waals surface area contributed by atoms with Gasteiger partial charge in [-0.3, -0.25) is 9.59 Å². The molecule has 1 N–H and O–H groups in total. The molecular formula is C21H24N2O3. The van der Waals surface area contributed by atoms with Crippen LogP contribution < -0.4 is 10.1 Å². The minimum absolute atomic E-state index is 0.00349. The molecule has 0 aromatic heterocycles. The maximum atomic E-state index is 12.5. The Morgan fingerprint density at radius 3 is 2.73 bits per heavy atom. The minimum Gasteiger partial charge on any atom is -0.484 e. The van der Waals surface area contributed by atoms with Gasteiger partial charge in [-0.1, -0.05) is 30.3 Å². The van der Waals surface area contributed by atoms with Crippen molar-refractivity contribution in [3.8, 4) is 5.75 Å². The standard InChI is InChI=1S/C21H24N2O3/c1-16-7-5-11-19(13-16)26-15-20(24)23-12-6-8-17(14-23)21(25)22-18-9-3-2-4-10-18/h2-5,7,9-11,13,17H,6,8,12,14-15H2,1H3,(H,22,25)/t17-/m0/s1. The fourth-order valence-corrected chi connectivity index (χ4v) is 3.12. The molecule has 1 aliphatic rings. The van der Waals surface area contributed by atoms with Crippen LogP contribution in [0.4, 0.5) is 5.69 Å². The molecule has 0 saturated carbocycles. The molecule has 2 amide bonds. The topological polar surface area (TPSA) is 58.6 Å². The van der Waals surface area contributed by atoms with Crippen LogP contribution in [0.3, 0.4) is 0 Å². The van der Waals surface area contributed by atoms with E-state index in [1.165, 1.54) is 0 Å². The number of nitrogens with one attached hydrogen (secondary N) is 1. The maximum Gasteiger partial charge on any atom is 0.260 e. The van der Waals surface area contributed by atoms with Crippen molar-refractivity contribution in [2.75, 3.05) is 25.0 Å². The van der Waals surface area contributed by atoms with Crippen molar-refractivity contribution in [1.82, 2.24) is 4.90 Å². The summed E-state index contributed by atoms with van der Waals surface area (Å²) in [5, 5.41) is 2.93. The summed E-state index contributed by atoms with van der Waals surface area (Å²) in [5.74, 6) is 0.387. The van der Waals surface area contributed by atoms with Gasteiger partial charge in [-0.15, -0.1) is 0 Å². The minimum atomic E-state index is -0.188. The SMILES string of the molecule is Cc1cccc(OCC(=O)N2CCC[C@H](C(=O)Nc3ccccc3)C2)c1. The fourth-order valence-electron chi connectivity index (χ4n) is 3.12. The summed E-state index contributed by atoms with van der Waals surface area (Å²) in [7, 11) is 0. The highest BCUT2D eigenvalue weighted by Crippen LogP contribution is 2.19. The lowest BCUT2D eigenvalue weighted by Crippen LogP contribution is -2.45. The Morgan fingerprint density at radius 2 is 1.96 bits per heavy atom. The van der Waals surface area contributed by atoms with Crippen molar-refractivity contribution >= 4 is 17.5 Å². The number of carbonyl (C=O) groups is 2. The Bertz CT molecular complexity index is 761. The van der Waals surface area contributed by atoms with Gasteiger partial charge in [-0.05, 0) is 49.6 Å². The van der Waals surface area contributed by atoms with Crippen LogP contribution >= 0.6 is 0 Å². The highest BCUT2D eigenvalue weighted by Gasteiger charge is 2.28. The molecule has 5 nitrogen and oxygen atoms in total. The number of ether oxygens (including phenoxy) is 1. The Balaban J connectivity index is 1.52. The summed E-state index contributed by atoms with van der Waals surface area (Å²) >= 11 is 0. The number of piperidine rings is 1. The summed E-state index contributed by atoms with van der Waals surface area (Å²) < 4.78 is 5.60. The van der Waals surface area contributed by atoms with Crippen LogP contribution in [0, 0.1) is 12.8 Å². The summed E-state index contributed by atoms with van der Waals surface area (Å²) in [5.41, 5.74) is 1.87. The van der Waals surface area contributed by atoms with Crippen molar-refractivity contribution in [3.63, 3.8) is 0 Å². The van der Waals surface area contributed by atoms with Gasteiger partial charge in [0.1, 0.15) is 5.75 Å². The predicted molar refractivity (Wildman–Crippen MR) is 101 cm³/mol. The number of benzene rings is 2. The molecule has 0 bridgehead atoms. The van der Waals surface area contributed by atoms with Gasteiger partial charge in [0.2, 0.25) is 5.91 Å². The number of aryl methyl sites for hydroxylation is 1. The van der Waals surface area contributed by atoms with Crippen LogP contribution in [-0.4, -0.2) is 36.4 Å². The normalized spacial score (nSPS) is 16.8. The van der Waals surface area contributed by atoms with E-state index in [1.807, 2.05) is 61.5 Å². The quantitative estimate of drug-likeness (QED) is 0.899. The van der Waals surface area contributed by atoms with Crippen molar-refractivity contribution in [2.45, 2.75) is 19.8 Å². The molecule has 3 rings (SSSR count). The van der Waals surface area contributed by atoms with Gasteiger partial charge in [0, 0.05) is 18.8 Å². The van der Waals surface area contributed by atoms with Gasteiger partial charge in [-0.25, -0.2) is 0 Å². The van der Waals surface area contributed by atoms with Gasteiger partial charge in [0.25, 0.3) is 5.91 Å². The van der Waals surface area contributed by atoms with E-state index in [2.05, 4.69) is 5.32 Å². The van der Waals surface area contributed by atoms with E-state index in [1.54, 1.807) is 4.90 Å². The fraction of sp³-hybridized carbons (Fsp3) is 0.333.